The van der Waals surface area contributed by atoms with Crippen molar-refractivity contribution in [1.29, 1.82) is 0 Å². The highest BCUT2D eigenvalue weighted by Crippen LogP contribution is 2.26. The Hall–Kier alpha value is -1.57. The van der Waals surface area contributed by atoms with Crippen molar-refractivity contribution in [2.75, 3.05) is 7.11 Å². The molecule has 17 heavy (non-hydrogen) atoms. The van der Waals surface area contributed by atoms with Crippen LogP contribution in [0.4, 0.5) is 0 Å². The number of ketones is 1. The molecule has 1 atom stereocenters. The van der Waals surface area contributed by atoms with Crippen LogP contribution in [0.25, 0.3) is 0 Å². The van der Waals surface area contributed by atoms with Gasteiger partial charge in [0.2, 0.25) is 0 Å². The van der Waals surface area contributed by atoms with Gasteiger partial charge in [0.25, 0.3) is 0 Å². The second kappa shape index (κ2) is 5.17. The van der Waals surface area contributed by atoms with Gasteiger partial charge >= 0.3 is 0 Å². The predicted octanol–water partition coefficient (Wildman–Crippen LogP) is 3.62. The van der Waals surface area contributed by atoms with E-state index in [2.05, 4.69) is 13.0 Å². The maximum Gasteiger partial charge on any atom is 0.188 e. The number of hydrogen-bond donors (Lipinski definition) is 0. The second-order valence-corrected chi connectivity index (χ2v) is 4.67. The minimum Gasteiger partial charge on any atom is -0.497 e. The Morgan fingerprint density at radius 3 is 2.88 bits per heavy atom. The molecule has 2 rings (SSSR count). The van der Waals surface area contributed by atoms with Gasteiger partial charge in [-0.25, -0.2) is 0 Å². The summed E-state index contributed by atoms with van der Waals surface area (Å²) in [5.41, 5.74) is 1.68. The molecule has 0 N–H and O–H groups in total. The lowest BCUT2D eigenvalue weighted by Crippen LogP contribution is -2.10. The Morgan fingerprint density at radius 2 is 2.24 bits per heavy atom. The largest absolute Gasteiger partial charge is 0.497 e. The van der Waals surface area contributed by atoms with Crippen molar-refractivity contribution in [2.24, 2.45) is 5.92 Å². The molecule has 0 spiro atoms. The van der Waals surface area contributed by atoms with E-state index >= 15 is 0 Å². The van der Waals surface area contributed by atoms with Gasteiger partial charge in [-0.05, 0) is 42.9 Å². The molecule has 0 aromatic heterocycles. The Morgan fingerprint density at radius 1 is 1.41 bits per heavy atom. The van der Waals surface area contributed by atoms with Crippen LogP contribution in [-0.2, 0) is 0 Å². The Labute approximate surface area is 102 Å². The number of rotatable bonds is 3. The van der Waals surface area contributed by atoms with Crippen molar-refractivity contribution in [2.45, 2.75) is 26.2 Å². The second-order valence-electron chi connectivity index (χ2n) is 4.67. The molecule has 90 valence electrons. The normalized spacial score (nSPS) is 19.6. The van der Waals surface area contributed by atoms with Crippen LogP contribution in [0.1, 0.15) is 36.5 Å². The highest BCUT2D eigenvalue weighted by molar-refractivity contribution is 6.08. The van der Waals surface area contributed by atoms with E-state index in [1.165, 1.54) is 0 Å². The number of carbonyl (C=O) groups is 1. The number of allylic oxidation sites excluding steroid dienone is 2. The van der Waals surface area contributed by atoms with Crippen LogP contribution in [0.3, 0.4) is 0 Å². The molecule has 0 fully saturated rings. The van der Waals surface area contributed by atoms with Crippen molar-refractivity contribution in [3.63, 3.8) is 0 Å². The van der Waals surface area contributed by atoms with Crippen molar-refractivity contribution >= 4 is 5.78 Å². The minimum atomic E-state index is 0.149. The van der Waals surface area contributed by atoms with Crippen LogP contribution >= 0.6 is 0 Å². The summed E-state index contributed by atoms with van der Waals surface area (Å²) in [5.74, 6) is 1.59. The lowest BCUT2D eigenvalue weighted by atomic mass is 9.87. The lowest BCUT2D eigenvalue weighted by Gasteiger charge is -2.17. The van der Waals surface area contributed by atoms with E-state index in [-0.39, 0.29) is 5.78 Å². The molecular formula is C15H18O2. The van der Waals surface area contributed by atoms with Gasteiger partial charge < -0.3 is 4.74 Å². The molecule has 1 aliphatic rings. The predicted molar refractivity (Wildman–Crippen MR) is 68.4 cm³/mol. The summed E-state index contributed by atoms with van der Waals surface area (Å²) in [5, 5.41) is 0. The van der Waals surface area contributed by atoms with Gasteiger partial charge in [-0.1, -0.05) is 25.1 Å². The lowest BCUT2D eigenvalue weighted by molar-refractivity contribution is 0.102. The smallest absolute Gasteiger partial charge is 0.188 e. The summed E-state index contributed by atoms with van der Waals surface area (Å²) in [7, 11) is 1.62. The third-order valence-corrected chi connectivity index (χ3v) is 3.30. The molecular weight excluding hydrogens is 212 g/mol. The maximum absolute atomic E-state index is 12.3. The minimum absolute atomic E-state index is 0.149. The summed E-state index contributed by atoms with van der Waals surface area (Å²) >= 11 is 0. The van der Waals surface area contributed by atoms with E-state index in [0.717, 1.165) is 36.1 Å². The first-order chi connectivity index (χ1) is 8.20. The molecule has 2 heteroatoms. The highest BCUT2D eigenvalue weighted by atomic mass is 16.5. The average molecular weight is 230 g/mol. The molecule has 0 bridgehead atoms. The summed E-state index contributed by atoms with van der Waals surface area (Å²) in [4.78, 5) is 12.3. The van der Waals surface area contributed by atoms with Crippen molar-refractivity contribution in [3.05, 3.63) is 41.5 Å². The van der Waals surface area contributed by atoms with E-state index < -0.39 is 0 Å². The molecule has 0 saturated carbocycles. The summed E-state index contributed by atoms with van der Waals surface area (Å²) in [6.45, 7) is 2.23. The zero-order chi connectivity index (χ0) is 12.3. The summed E-state index contributed by atoms with van der Waals surface area (Å²) in [6.07, 6.45) is 5.12. The van der Waals surface area contributed by atoms with Gasteiger partial charge in [0, 0.05) is 5.56 Å². The van der Waals surface area contributed by atoms with Gasteiger partial charge in [0.05, 0.1) is 7.11 Å². The fraction of sp³-hybridized carbons (Fsp3) is 0.400. The fourth-order valence-corrected chi connectivity index (χ4v) is 2.12. The van der Waals surface area contributed by atoms with Crippen LogP contribution in [0, 0.1) is 5.92 Å². The summed E-state index contributed by atoms with van der Waals surface area (Å²) < 4.78 is 5.14. The fourth-order valence-electron chi connectivity index (χ4n) is 2.12. The number of Topliss-reactive ketones (excluding diaryl/α,β-unsaturated/α-hetero) is 1. The average Bonchev–Trinajstić information content (AvgIpc) is 2.39. The Bertz CT molecular complexity index is 446. The zero-order valence-electron chi connectivity index (χ0n) is 10.4. The van der Waals surface area contributed by atoms with Crippen LogP contribution in [0.2, 0.25) is 0 Å². The molecule has 2 nitrogen and oxygen atoms in total. The first kappa shape index (κ1) is 11.9. The van der Waals surface area contributed by atoms with Crippen LogP contribution in [0.15, 0.2) is 35.9 Å². The van der Waals surface area contributed by atoms with Gasteiger partial charge in [0.1, 0.15) is 5.75 Å². The Balaban J connectivity index is 2.19. The highest BCUT2D eigenvalue weighted by Gasteiger charge is 2.17. The van der Waals surface area contributed by atoms with Crippen LogP contribution < -0.4 is 4.74 Å². The van der Waals surface area contributed by atoms with Gasteiger partial charge in [-0.3, -0.25) is 4.79 Å². The molecule has 0 aliphatic heterocycles. The Kier molecular flexibility index (Phi) is 3.62. The standard InChI is InChI=1S/C15H18O2/c1-11-6-8-12(9-7-11)15(16)13-4-3-5-14(10-13)17-2/h3-5,8,10-11H,6-7,9H2,1-2H3. The van der Waals surface area contributed by atoms with Crippen molar-refractivity contribution in [3.8, 4) is 5.75 Å². The SMILES string of the molecule is COc1cccc(C(=O)C2=CCC(C)CC2)c1. The number of carbonyl (C=O) groups excluding carboxylic acids is 1. The topological polar surface area (TPSA) is 26.3 Å². The zero-order valence-corrected chi connectivity index (χ0v) is 10.4. The molecule has 0 saturated heterocycles. The summed E-state index contributed by atoms with van der Waals surface area (Å²) in [6, 6.07) is 7.37. The van der Waals surface area contributed by atoms with E-state index in [1.54, 1.807) is 13.2 Å². The number of ether oxygens (including phenoxy) is 1. The van der Waals surface area contributed by atoms with Gasteiger partial charge in [-0.15, -0.1) is 0 Å². The molecule has 1 unspecified atom stereocenters. The van der Waals surface area contributed by atoms with E-state index in [1.807, 2.05) is 18.2 Å². The number of hydrogen-bond acceptors (Lipinski definition) is 2. The van der Waals surface area contributed by atoms with Crippen molar-refractivity contribution < 1.29 is 9.53 Å². The first-order valence-corrected chi connectivity index (χ1v) is 6.08. The molecule has 1 aromatic rings. The van der Waals surface area contributed by atoms with Crippen LogP contribution in [0.5, 0.6) is 5.75 Å². The third-order valence-electron chi connectivity index (χ3n) is 3.30. The van der Waals surface area contributed by atoms with Gasteiger partial charge in [0.15, 0.2) is 5.78 Å². The van der Waals surface area contributed by atoms with E-state index in [4.69, 9.17) is 4.74 Å². The third kappa shape index (κ3) is 2.76. The quantitative estimate of drug-likeness (QED) is 0.741. The van der Waals surface area contributed by atoms with E-state index in [0.29, 0.717) is 5.92 Å². The maximum atomic E-state index is 12.3. The molecule has 1 aliphatic carbocycles. The van der Waals surface area contributed by atoms with Gasteiger partial charge in [-0.2, -0.15) is 0 Å². The monoisotopic (exact) mass is 230 g/mol. The van der Waals surface area contributed by atoms with Crippen LogP contribution in [-0.4, -0.2) is 12.9 Å². The number of benzene rings is 1. The van der Waals surface area contributed by atoms with Crippen molar-refractivity contribution in [1.82, 2.24) is 0 Å². The van der Waals surface area contributed by atoms with E-state index in [9.17, 15) is 4.79 Å². The number of methoxy groups -OCH3 is 1. The molecule has 0 heterocycles. The molecule has 1 aromatic carbocycles. The molecule has 0 radical (unpaired) electrons. The molecule has 0 amide bonds. The first-order valence-electron chi connectivity index (χ1n) is 6.08.